The summed E-state index contributed by atoms with van der Waals surface area (Å²) in [7, 11) is 1.55. The predicted molar refractivity (Wildman–Crippen MR) is 66.6 cm³/mol. The Morgan fingerprint density at radius 1 is 1.56 bits per heavy atom. The van der Waals surface area contributed by atoms with E-state index >= 15 is 0 Å². The molecular weight excluding hydrogens is 229 g/mol. The minimum Gasteiger partial charge on any atom is -0.496 e. The van der Waals surface area contributed by atoms with E-state index in [1.807, 2.05) is 0 Å². The van der Waals surface area contributed by atoms with Crippen molar-refractivity contribution in [1.29, 1.82) is 0 Å². The van der Waals surface area contributed by atoms with Crippen LogP contribution in [0.4, 0.5) is 4.39 Å². The summed E-state index contributed by atoms with van der Waals surface area (Å²) in [4.78, 5) is 0. The molecule has 0 saturated heterocycles. The SMILES string of the molecule is C=CCC[C@@H](N)c1cc(F)ccc1OC.Cl. The first-order chi connectivity index (χ1) is 7.19. The van der Waals surface area contributed by atoms with Gasteiger partial charge >= 0.3 is 0 Å². The van der Waals surface area contributed by atoms with Crippen LogP contribution < -0.4 is 10.5 Å². The van der Waals surface area contributed by atoms with E-state index in [4.69, 9.17) is 10.5 Å². The Morgan fingerprint density at radius 3 is 2.81 bits per heavy atom. The fourth-order valence-corrected chi connectivity index (χ4v) is 1.45. The summed E-state index contributed by atoms with van der Waals surface area (Å²) in [6.45, 7) is 3.63. The van der Waals surface area contributed by atoms with Crippen molar-refractivity contribution >= 4 is 12.4 Å². The Kier molecular flexibility index (Phi) is 6.77. The highest BCUT2D eigenvalue weighted by Crippen LogP contribution is 2.27. The second-order valence-corrected chi connectivity index (χ2v) is 3.36. The summed E-state index contributed by atoms with van der Waals surface area (Å²) >= 11 is 0. The van der Waals surface area contributed by atoms with Gasteiger partial charge < -0.3 is 10.5 Å². The van der Waals surface area contributed by atoms with Crippen molar-refractivity contribution in [1.82, 2.24) is 0 Å². The lowest BCUT2D eigenvalue weighted by molar-refractivity contribution is 0.403. The highest BCUT2D eigenvalue weighted by atomic mass is 35.5. The number of hydrogen-bond donors (Lipinski definition) is 1. The molecule has 0 aliphatic heterocycles. The first-order valence-corrected chi connectivity index (χ1v) is 4.89. The third-order valence-corrected chi connectivity index (χ3v) is 2.27. The second kappa shape index (κ2) is 7.25. The highest BCUT2D eigenvalue weighted by molar-refractivity contribution is 5.85. The Morgan fingerprint density at radius 2 is 2.25 bits per heavy atom. The standard InChI is InChI=1S/C12H16FNO.ClH/c1-3-4-5-11(14)10-8-9(13)6-7-12(10)15-2;/h3,6-8,11H,1,4-5,14H2,2H3;1H/t11-;/m1./s1. The molecule has 1 aromatic rings. The van der Waals surface area contributed by atoms with Gasteiger partial charge in [-0.15, -0.1) is 19.0 Å². The van der Waals surface area contributed by atoms with Crippen LogP contribution in [-0.2, 0) is 0 Å². The van der Waals surface area contributed by atoms with Gasteiger partial charge in [-0.2, -0.15) is 0 Å². The molecule has 0 heterocycles. The van der Waals surface area contributed by atoms with Gasteiger partial charge in [0.05, 0.1) is 7.11 Å². The molecule has 0 aromatic heterocycles. The molecule has 2 nitrogen and oxygen atoms in total. The molecule has 90 valence electrons. The van der Waals surface area contributed by atoms with Gasteiger partial charge in [-0.25, -0.2) is 4.39 Å². The van der Waals surface area contributed by atoms with Crippen molar-refractivity contribution in [3.05, 3.63) is 42.2 Å². The van der Waals surface area contributed by atoms with Crippen LogP contribution in [0.2, 0.25) is 0 Å². The fourth-order valence-electron chi connectivity index (χ4n) is 1.45. The maximum Gasteiger partial charge on any atom is 0.123 e. The maximum absolute atomic E-state index is 13.0. The highest BCUT2D eigenvalue weighted by Gasteiger charge is 2.11. The lowest BCUT2D eigenvalue weighted by Gasteiger charge is -2.14. The Labute approximate surface area is 102 Å². The van der Waals surface area contributed by atoms with E-state index in [1.165, 1.54) is 12.1 Å². The van der Waals surface area contributed by atoms with Crippen LogP contribution in [0, 0.1) is 5.82 Å². The van der Waals surface area contributed by atoms with Crippen molar-refractivity contribution in [2.45, 2.75) is 18.9 Å². The van der Waals surface area contributed by atoms with E-state index in [0.717, 1.165) is 12.8 Å². The van der Waals surface area contributed by atoms with Crippen LogP contribution in [0.15, 0.2) is 30.9 Å². The molecule has 1 aromatic carbocycles. The molecule has 2 N–H and O–H groups in total. The van der Waals surface area contributed by atoms with Gasteiger partial charge in [0.2, 0.25) is 0 Å². The molecule has 0 amide bonds. The van der Waals surface area contributed by atoms with Crippen molar-refractivity contribution < 1.29 is 9.13 Å². The fraction of sp³-hybridized carbons (Fsp3) is 0.333. The minimum absolute atomic E-state index is 0. The van der Waals surface area contributed by atoms with E-state index in [0.29, 0.717) is 11.3 Å². The van der Waals surface area contributed by atoms with Gasteiger partial charge in [-0.3, -0.25) is 0 Å². The molecule has 0 aliphatic rings. The van der Waals surface area contributed by atoms with Gasteiger partial charge in [-0.05, 0) is 31.0 Å². The predicted octanol–water partition coefficient (Wildman–Crippen LogP) is 3.22. The zero-order chi connectivity index (χ0) is 11.3. The smallest absolute Gasteiger partial charge is 0.123 e. The second-order valence-electron chi connectivity index (χ2n) is 3.36. The monoisotopic (exact) mass is 245 g/mol. The van der Waals surface area contributed by atoms with Crippen LogP contribution in [0.3, 0.4) is 0 Å². The molecule has 0 bridgehead atoms. The molecule has 0 fully saturated rings. The minimum atomic E-state index is -0.292. The number of benzene rings is 1. The number of halogens is 2. The average molecular weight is 246 g/mol. The number of methoxy groups -OCH3 is 1. The first-order valence-electron chi connectivity index (χ1n) is 4.89. The van der Waals surface area contributed by atoms with Gasteiger partial charge in [0.25, 0.3) is 0 Å². The summed E-state index contributed by atoms with van der Waals surface area (Å²) < 4.78 is 18.2. The van der Waals surface area contributed by atoms with Crippen molar-refractivity contribution in [2.24, 2.45) is 5.73 Å². The largest absolute Gasteiger partial charge is 0.496 e. The van der Waals surface area contributed by atoms with E-state index in [2.05, 4.69) is 6.58 Å². The number of allylic oxidation sites excluding steroid dienone is 1. The van der Waals surface area contributed by atoms with Crippen molar-refractivity contribution in [2.75, 3.05) is 7.11 Å². The Hall–Kier alpha value is -1.06. The number of hydrogen-bond acceptors (Lipinski definition) is 2. The number of ether oxygens (including phenoxy) is 1. The summed E-state index contributed by atoms with van der Waals surface area (Å²) in [5.74, 6) is 0.341. The molecule has 0 aliphatic carbocycles. The van der Waals surface area contributed by atoms with Gasteiger partial charge in [-0.1, -0.05) is 6.08 Å². The molecule has 1 atom stereocenters. The first kappa shape index (κ1) is 14.9. The van der Waals surface area contributed by atoms with E-state index in [9.17, 15) is 4.39 Å². The number of nitrogens with two attached hydrogens (primary N) is 1. The zero-order valence-electron chi connectivity index (χ0n) is 9.28. The van der Waals surface area contributed by atoms with E-state index < -0.39 is 0 Å². The van der Waals surface area contributed by atoms with Gasteiger partial charge in [0.1, 0.15) is 11.6 Å². The van der Waals surface area contributed by atoms with Crippen molar-refractivity contribution in [3.8, 4) is 5.75 Å². The lowest BCUT2D eigenvalue weighted by Crippen LogP contribution is -2.11. The average Bonchev–Trinajstić information content (AvgIpc) is 2.25. The van der Waals surface area contributed by atoms with Crippen molar-refractivity contribution in [3.63, 3.8) is 0 Å². The summed E-state index contributed by atoms with van der Waals surface area (Å²) in [5.41, 5.74) is 6.64. The van der Waals surface area contributed by atoms with Gasteiger partial charge in [0.15, 0.2) is 0 Å². The zero-order valence-corrected chi connectivity index (χ0v) is 10.1. The van der Waals surface area contributed by atoms with Gasteiger partial charge in [0, 0.05) is 11.6 Å². The summed E-state index contributed by atoms with van der Waals surface area (Å²) in [6, 6.07) is 4.17. The van der Waals surface area contributed by atoms with Crippen LogP contribution >= 0.6 is 12.4 Å². The lowest BCUT2D eigenvalue weighted by atomic mass is 10.0. The third-order valence-electron chi connectivity index (χ3n) is 2.27. The molecule has 0 unspecified atom stereocenters. The topological polar surface area (TPSA) is 35.2 Å². The summed E-state index contributed by atoms with van der Waals surface area (Å²) in [5, 5.41) is 0. The molecule has 0 spiro atoms. The quantitative estimate of drug-likeness (QED) is 0.809. The Balaban J connectivity index is 0.00000225. The summed E-state index contributed by atoms with van der Waals surface area (Å²) in [6.07, 6.45) is 3.34. The molecule has 0 saturated carbocycles. The maximum atomic E-state index is 13.0. The third kappa shape index (κ3) is 3.83. The van der Waals surface area contributed by atoms with Crippen LogP contribution in [0.1, 0.15) is 24.4 Å². The van der Waals surface area contributed by atoms with Crippen LogP contribution in [-0.4, -0.2) is 7.11 Å². The van der Waals surface area contributed by atoms with E-state index in [1.54, 1.807) is 19.3 Å². The molecule has 1 rings (SSSR count). The van der Waals surface area contributed by atoms with E-state index in [-0.39, 0.29) is 24.3 Å². The molecular formula is C12H17ClFNO. The normalized spacial score (nSPS) is 11.4. The van der Waals surface area contributed by atoms with Crippen LogP contribution in [0.5, 0.6) is 5.75 Å². The van der Waals surface area contributed by atoms with Crippen LogP contribution in [0.25, 0.3) is 0 Å². The Bertz CT molecular complexity index is 344. The molecule has 16 heavy (non-hydrogen) atoms. The number of rotatable bonds is 5. The molecule has 0 radical (unpaired) electrons. The molecule has 4 heteroatoms.